The lowest BCUT2D eigenvalue weighted by Gasteiger charge is -2.06. The molecule has 0 aliphatic carbocycles. The zero-order valence-corrected chi connectivity index (χ0v) is 12.3. The summed E-state index contributed by atoms with van der Waals surface area (Å²) in [6.45, 7) is 0. The van der Waals surface area contributed by atoms with Gasteiger partial charge in [-0.3, -0.25) is 4.99 Å². The largest absolute Gasteiger partial charge is 0.463 e. The van der Waals surface area contributed by atoms with E-state index in [0.717, 1.165) is 5.56 Å². The van der Waals surface area contributed by atoms with Gasteiger partial charge in [-0.15, -0.1) is 0 Å². The van der Waals surface area contributed by atoms with E-state index in [9.17, 15) is 0 Å². The molecule has 0 atom stereocenters. The van der Waals surface area contributed by atoms with Gasteiger partial charge in [0.15, 0.2) is 11.4 Å². The van der Waals surface area contributed by atoms with Crippen LogP contribution in [0.1, 0.15) is 0 Å². The Balaban J connectivity index is 1.95. The number of aryl methyl sites for hydroxylation is 1. The van der Waals surface area contributed by atoms with Crippen molar-refractivity contribution in [1.29, 1.82) is 0 Å². The topological polar surface area (TPSA) is 117 Å². The van der Waals surface area contributed by atoms with Crippen LogP contribution >= 0.6 is 0 Å². The molecule has 0 saturated carbocycles. The molecule has 4 rings (SSSR count). The molecule has 3 heterocycles. The third-order valence-corrected chi connectivity index (χ3v) is 3.53. The second-order valence-electron chi connectivity index (χ2n) is 5.04. The van der Waals surface area contributed by atoms with Crippen LogP contribution in [0.25, 0.3) is 22.3 Å². The van der Waals surface area contributed by atoms with Gasteiger partial charge in [0.1, 0.15) is 17.2 Å². The standard InChI is InChI=1S/C15H13N7O/c1-22-14-11(13(16)19-15(17)20-14)12(21-22)8-3-4-10-9(7-8)18-5-2-6-23-10/h2-7H,1H3,(H4,16,17,19,20). The van der Waals surface area contributed by atoms with Gasteiger partial charge < -0.3 is 16.2 Å². The quantitative estimate of drug-likeness (QED) is 0.708. The highest BCUT2D eigenvalue weighted by molar-refractivity contribution is 5.99. The first-order valence-corrected chi connectivity index (χ1v) is 6.89. The highest BCUT2D eigenvalue weighted by Gasteiger charge is 2.18. The molecule has 8 nitrogen and oxygen atoms in total. The fourth-order valence-electron chi connectivity index (χ4n) is 2.53. The average molecular weight is 307 g/mol. The molecule has 4 N–H and O–H groups in total. The van der Waals surface area contributed by atoms with Gasteiger partial charge in [-0.2, -0.15) is 15.1 Å². The second kappa shape index (κ2) is 4.80. The molecular weight excluding hydrogens is 294 g/mol. The zero-order chi connectivity index (χ0) is 16.0. The number of allylic oxidation sites excluding steroid dienone is 1. The van der Waals surface area contributed by atoms with Gasteiger partial charge in [0, 0.05) is 18.8 Å². The van der Waals surface area contributed by atoms with E-state index in [-0.39, 0.29) is 5.95 Å². The third-order valence-electron chi connectivity index (χ3n) is 3.53. The van der Waals surface area contributed by atoms with Crippen molar-refractivity contribution in [1.82, 2.24) is 19.7 Å². The molecule has 1 aliphatic rings. The normalized spacial score (nSPS) is 12.9. The molecule has 0 fully saturated rings. The van der Waals surface area contributed by atoms with Gasteiger partial charge in [-0.1, -0.05) is 0 Å². The number of hydrogen-bond donors (Lipinski definition) is 2. The molecular formula is C15H13N7O. The van der Waals surface area contributed by atoms with Crippen molar-refractivity contribution in [2.45, 2.75) is 0 Å². The first-order valence-electron chi connectivity index (χ1n) is 6.89. The average Bonchev–Trinajstić information content (AvgIpc) is 2.71. The molecule has 1 aromatic carbocycles. The Morgan fingerprint density at radius 3 is 2.91 bits per heavy atom. The van der Waals surface area contributed by atoms with Crippen molar-refractivity contribution >= 4 is 34.7 Å². The van der Waals surface area contributed by atoms with Crippen LogP contribution in [0.3, 0.4) is 0 Å². The Kier molecular flexibility index (Phi) is 2.77. The maximum absolute atomic E-state index is 6.02. The minimum absolute atomic E-state index is 0.121. The maximum Gasteiger partial charge on any atom is 0.224 e. The van der Waals surface area contributed by atoms with E-state index in [2.05, 4.69) is 20.1 Å². The number of nitrogens with two attached hydrogens (primary N) is 2. The van der Waals surface area contributed by atoms with E-state index in [1.165, 1.54) is 0 Å². The predicted octanol–water partition coefficient (Wildman–Crippen LogP) is 1.80. The minimum Gasteiger partial charge on any atom is -0.463 e. The van der Waals surface area contributed by atoms with Crippen LogP contribution in [0.15, 0.2) is 35.5 Å². The molecule has 8 heteroatoms. The summed E-state index contributed by atoms with van der Waals surface area (Å²) in [6.07, 6.45) is 4.98. The molecule has 1 aliphatic heterocycles. The fraction of sp³-hybridized carbons (Fsp3) is 0.0667. The second-order valence-corrected chi connectivity index (χ2v) is 5.04. The summed E-state index contributed by atoms with van der Waals surface area (Å²) >= 11 is 0. The Morgan fingerprint density at radius 2 is 2.04 bits per heavy atom. The summed E-state index contributed by atoms with van der Waals surface area (Å²) in [6, 6.07) is 5.62. The number of ether oxygens (including phenoxy) is 1. The van der Waals surface area contributed by atoms with E-state index in [1.54, 1.807) is 30.3 Å². The molecule has 0 radical (unpaired) electrons. The number of fused-ring (bicyclic) bond motifs is 2. The Labute approximate surface area is 131 Å². The molecule has 23 heavy (non-hydrogen) atoms. The van der Waals surface area contributed by atoms with Crippen molar-refractivity contribution in [3.63, 3.8) is 0 Å². The SMILES string of the molecule is Cn1nc(-c2ccc3c(c2)N=CC=CO3)c2c(N)nc(N)nc21. The first kappa shape index (κ1) is 13.3. The Hall–Kier alpha value is -3.42. The van der Waals surface area contributed by atoms with E-state index < -0.39 is 0 Å². The number of hydrogen-bond acceptors (Lipinski definition) is 7. The first-order chi connectivity index (χ1) is 11.1. The molecule has 0 amide bonds. The van der Waals surface area contributed by atoms with Crippen molar-refractivity contribution in [3.05, 3.63) is 30.5 Å². The van der Waals surface area contributed by atoms with Gasteiger partial charge in [0.2, 0.25) is 5.95 Å². The van der Waals surface area contributed by atoms with Gasteiger partial charge in [-0.25, -0.2) is 4.68 Å². The Morgan fingerprint density at radius 1 is 1.17 bits per heavy atom. The molecule has 0 bridgehead atoms. The lowest BCUT2D eigenvalue weighted by Crippen LogP contribution is -2.01. The summed E-state index contributed by atoms with van der Waals surface area (Å²) in [7, 11) is 1.78. The van der Waals surface area contributed by atoms with E-state index in [1.807, 2.05) is 18.2 Å². The number of aromatic nitrogens is 4. The van der Waals surface area contributed by atoms with E-state index >= 15 is 0 Å². The smallest absolute Gasteiger partial charge is 0.224 e. The molecule has 0 saturated heterocycles. The number of benzene rings is 1. The Bertz CT molecular complexity index is 987. The highest BCUT2D eigenvalue weighted by atomic mass is 16.5. The summed E-state index contributed by atoms with van der Waals surface area (Å²) in [5.41, 5.74) is 14.5. The summed E-state index contributed by atoms with van der Waals surface area (Å²) in [4.78, 5) is 12.6. The van der Waals surface area contributed by atoms with E-state index in [0.29, 0.717) is 34.0 Å². The number of aliphatic imine (C=N–C) groups is 1. The van der Waals surface area contributed by atoms with Gasteiger partial charge in [0.25, 0.3) is 0 Å². The fourth-order valence-corrected chi connectivity index (χ4v) is 2.53. The predicted molar refractivity (Wildman–Crippen MR) is 88.5 cm³/mol. The highest BCUT2D eigenvalue weighted by Crippen LogP contribution is 2.36. The number of rotatable bonds is 1. The van der Waals surface area contributed by atoms with Crippen LogP contribution in [0.2, 0.25) is 0 Å². The number of nitrogens with zero attached hydrogens (tertiary/aromatic N) is 5. The van der Waals surface area contributed by atoms with Crippen molar-refractivity contribution in [2.24, 2.45) is 12.0 Å². The third kappa shape index (κ3) is 2.08. The summed E-state index contributed by atoms with van der Waals surface area (Å²) in [5, 5.41) is 5.17. The zero-order valence-electron chi connectivity index (χ0n) is 12.3. The van der Waals surface area contributed by atoms with Crippen molar-refractivity contribution in [2.75, 3.05) is 11.5 Å². The lowest BCUT2D eigenvalue weighted by molar-refractivity contribution is 0.485. The molecule has 0 unspecified atom stereocenters. The summed E-state index contributed by atoms with van der Waals surface area (Å²) in [5.74, 6) is 1.09. The van der Waals surface area contributed by atoms with Crippen molar-refractivity contribution < 1.29 is 4.74 Å². The van der Waals surface area contributed by atoms with Crippen LogP contribution in [-0.4, -0.2) is 26.0 Å². The minimum atomic E-state index is 0.121. The number of nitrogen functional groups attached to an aromatic ring is 2. The van der Waals surface area contributed by atoms with Crippen LogP contribution in [-0.2, 0) is 7.05 Å². The van der Waals surface area contributed by atoms with Crippen LogP contribution in [0.5, 0.6) is 5.75 Å². The molecule has 2 aromatic heterocycles. The molecule has 3 aromatic rings. The van der Waals surface area contributed by atoms with E-state index in [4.69, 9.17) is 16.2 Å². The number of anilines is 2. The lowest BCUT2D eigenvalue weighted by atomic mass is 10.1. The summed E-state index contributed by atoms with van der Waals surface area (Å²) < 4.78 is 7.11. The van der Waals surface area contributed by atoms with Gasteiger partial charge >= 0.3 is 0 Å². The van der Waals surface area contributed by atoms with Gasteiger partial charge in [0.05, 0.1) is 11.6 Å². The van der Waals surface area contributed by atoms with Crippen LogP contribution in [0, 0.1) is 0 Å². The van der Waals surface area contributed by atoms with Crippen LogP contribution in [0.4, 0.5) is 17.5 Å². The van der Waals surface area contributed by atoms with Crippen molar-refractivity contribution in [3.8, 4) is 17.0 Å². The maximum atomic E-state index is 6.02. The van der Waals surface area contributed by atoms with Gasteiger partial charge in [-0.05, 0) is 24.3 Å². The molecule has 0 spiro atoms. The molecule has 114 valence electrons. The monoisotopic (exact) mass is 307 g/mol. The van der Waals surface area contributed by atoms with Crippen LogP contribution < -0.4 is 16.2 Å².